The Kier molecular flexibility index (Phi) is 6.29. The first-order chi connectivity index (χ1) is 11.4. The molecule has 2 aromatic rings. The summed E-state index contributed by atoms with van der Waals surface area (Å²) in [5, 5.41) is 2.79. The molecule has 0 spiro atoms. The summed E-state index contributed by atoms with van der Waals surface area (Å²) in [6.45, 7) is 3.85. The van der Waals surface area contributed by atoms with E-state index < -0.39 is 5.97 Å². The lowest BCUT2D eigenvalue weighted by Crippen LogP contribution is -2.22. The van der Waals surface area contributed by atoms with Gasteiger partial charge in [0.15, 0.2) is 0 Å². The van der Waals surface area contributed by atoms with Gasteiger partial charge in [0.1, 0.15) is 0 Å². The molecule has 0 aliphatic rings. The number of ether oxygens (including phenoxy) is 1. The standard InChI is InChI=1S/C18H18ClNO3S/c1-11-4-7-14(8-5-11)24-12(2)17(21)20-13-6-9-16(19)15(10-13)18(22)23-3/h4-10,12H,1-3H3,(H,20,21)/t12-/m0/s1. The Morgan fingerprint density at radius 1 is 1.17 bits per heavy atom. The monoisotopic (exact) mass is 363 g/mol. The van der Waals surface area contributed by atoms with Gasteiger partial charge in [0.25, 0.3) is 0 Å². The number of hydrogen-bond donors (Lipinski definition) is 1. The maximum absolute atomic E-state index is 12.3. The van der Waals surface area contributed by atoms with Crippen molar-refractivity contribution < 1.29 is 14.3 Å². The van der Waals surface area contributed by atoms with Crippen LogP contribution in [0.5, 0.6) is 0 Å². The first kappa shape index (κ1) is 18.4. The van der Waals surface area contributed by atoms with Gasteiger partial charge in [-0.2, -0.15) is 0 Å². The van der Waals surface area contributed by atoms with E-state index in [9.17, 15) is 9.59 Å². The van der Waals surface area contributed by atoms with Gasteiger partial charge in [0.2, 0.25) is 5.91 Å². The van der Waals surface area contributed by atoms with Gasteiger partial charge in [-0.3, -0.25) is 4.79 Å². The van der Waals surface area contributed by atoms with Crippen LogP contribution < -0.4 is 5.32 Å². The maximum Gasteiger partial charge on any atom is 0.339 e. The molecule has 0 aliphatic carbocycles. The fourth-order valence-electron chi connectivity index (χ4n) is 1.99. The Labute approximate surface area is 150 Å². The Bertz CT molecular complexity index is 746. The highest BCUT2D eigenvalue weighted by Crippen LogP contribution is 2.26. The molecule has 1 N–H and O–H groups in total. The summed E-state index contributed by atoms with van der Waals surface area (Å²) in [5.41, 5.74) is 1.89. The van der Waals surface area contributed by atoms with E-state index in [1.165, 1.54) is 30.5 Å². The van der Waals surface area contributed by atoms with E-state index in [0.29, 0.717) is 5.69 Å². The zero-order valence-corrected chi connectivity index (χ0v) is 15.2. The number of methoxy groups -OCH3 is 1. The van der Waals surface area contributed by atoms with Crippen LogP contribution >= 0.6 is 23.4 Å². The lowest BCUT2D eigenvalue weighted by molar-refractivity contribution is -0.115. The van der Waals surface area contributed by atoms with Crippen LogP contribution in [-0.2, 0) is 9.53 Å². The summed E-state index contributed by atoms with van der Waals surface area (Å²) in [6, 6.07) is 12.7. The Balaban J connectivity index is 2.05. The molecule has 126 valence electrons. The van der Waals surface area contributed by atoms with Gasteiger partial charge in [0, 0.05) is 10.6 Å². The molecule has 0 saturated carbocycles. The second-order valence-electron chi connectivity index (χ2n) is 5.25. The van der Waals surface area contributed by atoms with E-state index >= 15 is 0 Å². The molecular weight excluding hydrogens is 346 g/mol. The molecule has 0 bridgehead atoms. The van der Waals surface area contributed by atoms with Crippen LogP contribution in [0.1, 0.15) is 22.8 Å². The van der Waals surface area contributed by atoms with E-state index in [-0.39, 0.29) is 21.7 Å². The number of benzene rings is 2. The van der Waals surface area contributed by atoms with E-state index in [4.69, 9.17) is 11.6 Å². The van der Waals surface area contributed by atoms with Crippen molar-refractivity contribution >= 4 is 40.9 Å². The number of rotatable bonds is 5. The summed E-state index contributed by atoms with van der Waals surface area (Å²) in [7, 11) is 1.28. The highest BCUT2D eigenvalue weighted by Gasteiger charge is 2.17. The fourth-order valence-corrected chi connectivity index (χ4v) is 3.05. The number of hydrogen-bond acceptors (Lipinski definition) is 4. The molecule has 0 saturated heterocycles. The molecule has 2 aromatic carbocycles. The highest BCUT2D eigenvalue weighted by atomic mass is 35.5. The van der Waals surface area contributed by atoms with Crippen LogP contribution in [0.4, 0.5) is 5.69 Å². The van der Waals surface area contributed by atoms with Crippen molar-refractivity contribution in [3.05, 3.63) is 58.6 Å². The van der Waals surface area contributed by atoms with E-state index in [0.717, 1.165) is 4.90 Å². The molecule has 0 fully saturated rings. The van der Waals surface area contributed by atoms with Crippen LogP contribution in [0.25, 0.3) is 0 Å². The van der Waals surface area contributed by atoms with Gasteiger partial charge in [-0.15, -0.1) is 11.8 Å². The third kappa shape index (κ3) is 4.76. The number of esters is 1. The van der Waals surface area contributed by atoms with Crippen molar-refractivity contribution in [1.29, 1.82) is 0 Å². The van der Waals surface area contributed by atoms with Crippen LogP contribution in [0, 0.1) is 6.92 Å². The van der Waals surface area contributed by atoms with Gasteiger partial charge in [-0.1, -0.05) is 29.3 Å². The smallest absolute Gasteiger partial charge is 0.339 e. The number of thioether (sulfide) groups is 1. The number of carbonyl (C=O) groups is 2. The highest BCUT2D eigenvalue weighted by molar-refractivity contribution is 8.00. The van der Waals surface area contributed by atoms with Crippen molar-refractivity contribution in [2.75, 3.05) is 12.4 Å². The summed E-state index contributed by atoms with van der Waals surface area (Å²) in [4.78, 5) is 25.0. The van der Waals surface area contributed by atoms with Gasteiger partial charge in [0.05, 0.1) is 22.9 Å². The first-order valence-corrected chi connectivity index (χ1v) is 8.58. The van der Waals surface area contributed by atoms with E-state index in [1.807, 2.05) is 38.1 Å². The van der Waals surface area contributed by atoms with Crippen molar-refractivity contribution in [2.24, 2.45) is 0 Å². The zero-order valence-electron chi connectivity index (χ0n) is 13.6. The molecule has 1 atom stereocenters. The second kappa shape index (κ2) is 8.22. The SMILES string of the molecule is COC(=O)c1cc(NC(=O)[C@H](C)Sc2ccc(C)cc2)ccc1Cl. The summed E-state index contributed by atoms with van der Waals surface area (Å²) in [5.74, 6) is -0.697. The minimum atomic E-state index is -0.543. The van der Waals surface area contributed by atoms with Gasteiger partial charge in [-0.05, 0) is 44.2 Å². The van der Waals surface area contributed by atoms with Gasteiger partial charge in [-0.25, -0.2) is 4.79 Å². The maximum atomic E-state index is 12.3. The number of nitrogens with one attached hydrogen (secondary N) is 1. The zero-order chi connectivity index (χ0) is 17.7. The topological polar surface area (TPSA) is 55.4 Å². The quantitative estimate of drug-likeness (QED) is 0.625. The number of anilines is 1. The average Bonchev–Trinajstić information content (AvgIpc) is 2.57. The number of amides is 1. The molecule has 1 amide bonds. The molecule has 0 radical (unpaired) electrons. The third-order valence-corrected chi connectivity index (χ3v) is 4.78. The predicted molar refractivity (Wildman–Crippen MR) is 97.9 cm³/mol. The van der Waals surface area contributed by atoms with Gasteiger partial charge >= 0.3 is 5.97 Å². The predicted octanol–water partition coefficient (Wildman–Crippen LogP) is 4.55. The van der Waals surface area contributed by atoms with E-state index in [1.54, 1.807) is 12.1 Å². The summed E-state index contributed by atoms with van der Waals surface area (Å²) in [6.07, 6.45) is 0. The number of aryl methyl sites for hydroxylation is 1. The van der Waals surface area contributed by atoms with Crippen molar-refractivity contribution in [2.45, 2.75) is 24.0 Å². The first-order valence-electron chi connectivity index (χ1n) is 7.32. The summed E-state index contributed by atoms with van der Waals surface area (Å²) < 4.78 is 4.67. The summed E-state index contributed by atoms with van der Waals surface area (Å²) >= 11 is 7.44. The molecule has 6 heteroatoms. The normalized spacial score (nSPS) is 11.7. The lowest BCUT2D eigenvalue weighted by atomic mass is 10.2. The Morgan fingerprint density at radius 2 is 1.83 bits per heavy atom. The molecule has 0 unspecified atom stereocenters. The Morgan fingerprint density at radius 3 is 2.46 bits per heavy atom. The van der Waals surface area contributed by atoms with E-state index in [2.05, 4.69) is 10.1 Å². The number of halogens is 1. The Hall–Kier alpha value is -1.98. The second-order valence-corrected chi connectivity index (χ2v) is 7.07. The number of carbonyl (C=O) groups excluding carboxylic acids is 2. The largest absolute Gasteiger partial charge is 0.465 e. The van der Waals surface area contributed by atoms with Crippen LogP contribution in [0.3, 0.4) is 0 Å². The lowest BCUT2D eigenvalue weighted by Gasteiger charge is -2.13. The fraction of sp³-hybridized carbons (Fsp3) is 0.222. The van der Waals surface area contributed by atoms with Crippen molar-refractivity contribution in [3.63, 3.8) is 0 Å². The minimum Gasteiger partial charge on any atom is -0.465 e. The molecule has 4 nitrogen and oxygen atoms in total. The van der Waals surface area contributed by atoms with Crippen molar-refractivity contribution in [3.8, 4) is 0 Å². The average molecular weight is 364 g/mol. The van der Waals surface area contributed by atoms with Crippen LogP contribution in [0.15, 0.2) is 47.4 Å². The molecule has 0 heterocycles. The molecule has 24 heavy (non-hydrogen) atoms. The molecule has 0 aliphatic heterocycles. The molecule has 2 rings (SSSR count). The molecular formula is C18H18ClNO3S. The van der Waals surface area contributed by atoms with Crippen molar-refractivity contribution in [1.82, 2.24) is 0 Å². The van der Waals surface area contributed by atoms with Crippen LogP contribution in [0.2, 0.25) is 5.02 Å². The van der Waals surface area contributed by atoms with Gasteiger partial charge < -0.3 is 10.1 Å². The third-order valence-electron chi connectivity index (χ3n) is 3.34. The van der Waals surface area contributed by atoms with Crippen LogP contribution in [-0.4, -0.2) is 24.2 Å². The molecule has 0 aromatic heterocycles. The minimum absolute atomic E-state index is 0.154.